The highest BCUT2D eigenvalue weighted by Crippen LogP contribution is 2.28. The molecule has 0 amide bonds. The number of guanidine groups is 1. The van der Waals surface area contributed by atoms with Crippen molar-refractivity contribution in [3.63, 3.8) is 0 Å². The molecule has 2 N–H and O–H groups in total. The van der Waals surface area contributed by atoms with E-state index in [4.69, 9.17) is 9.15 Å². The number of carbonyl (C=O) groups excluding carboxylic acids is 1. The maximum atomic E-state index is 11.5. The van der Waals surface area contributed by atoms with E-state index in [-0.39, 0.29) is 5.97 Å². The summed E-state index contributed by atoms with van der Waals surface area (Å²) in [6.45, 7) is 7.17. The third-order valence-electron chi connectivity index (χ3n) is 3.54. The van der Waals surface area contributed by atoms with Crippen LogP contribution in [-0.2, 0) is 11.3 Å². The number of esters is 1. The molecule has 1 aromatic heterocycles. The van der Waals surface area contributed by atoms with Gasteiger partial charge in [-0.1, -0.05) is 6.92 Å². The fourth-order valence-electron chi connectivity index (χ4n) is 2.11. The highest BCUT2D eigenvalue weighted by Gasteiger charge is 2.33. The number of hydrogen-bond donors (Lipinski definition) is 2. The van der Waals surface area contributed by atoms with Crippen molar-refractivity contribution in [2.75, 3.05) is 13.7 Å². The largest absolute Gasteiger partial charge is 0.465 e. The number of nitrogens with zero attached hydrogens (tertiary/aromatic N) is 1. The third-order valence-corrected chi connectivity index (χ3v) is 3.54. The van der Waals surface area contributed by atoms with Gasteiger partial charge in [0.1, 0.15) is 23.6 Å². The van der Waals surface area contributed by atoms with Crippen molar-refractivity contribution in [2.45, 2.75) is 39.8 Å². The summed E-state index contributed by atoms with van der Waals surface area (Å²) in [6.07, 6.45) is 1.18. The Balaban J connectivity index is 2.01. The molecule has 0 aliphatic heterocycles. The van der Waals surface area contributed by atoms with Crippen molar-refractivity contribution in [1.82, 2.24) is 10.6 Å². The molecule has 2 unspecified atom stereocenters. The summed E-state index contributed by atoms with van der Waals surface area (Å²) in [5.74, 6) is 2.30. The minimum Gasteiger partial charge on any atom is -0.465 e. The van der Waals surface area contributed by atoms with Crippen molar-refractivity contribution >= 4 is 11.9 Å². The van der Waals surface area contributed by atoms with Crippen LogP contribution in [-0.4, -0.2) is 31.6 Å². The second-order valence-corrected chi connectivity index (χ2v) is 5.33. The lowest BCUT2D eigenvalue weighted by Gasteiger charge is -2.10. The molecule has 1 aliphatic carbocycles. The average Bonchev–Trinajstić information content (AvgIpc) is 3.01. The Morgan fingerprint density at radius 3 is 2.86 bits per heavy atom. The number of nitrogens with one attached hydrogen (secondary N) is 2. The molecule has 2 rings (SSSR count). The molecular formula is C15H23N3O3. The van der Waals surface area contributed by atoms with E-state index in [1.54, 1.807) is 13.0 Å². The van der Waals surface area contributed by atoms with Crippen molar-refractivity contribution in [3.8, 4) is 0 Å². The molecule has 6 heteroatoms. The first-order valence-corrected chi connectivity index (χ1v) is 7.27. The van der Waals surface area contributed by atoms with Crippen LogP contribution >= 0.6 is 0 Å². The zero-order chi connectivity index (χ0) is 15.4. The molecule has 0 saturated heterocycles. The highest BCUT2D eigenvalue weighted by molar-refractivity contribution is 5.90. The van der Waals surface area contributed by atoms with Crippen molar-refractivity contribution in [1.29, 1.82) is 0 Å². The van der Waals surface area contributed by atoms with Gasteiger partial charge in [0.15, 0.2) is 5.96 Å². The van der Waals surface area contributed by atoms with Crippen LogP contribution in [0.25, 0.3) is 0 Å². The zero-order valence-corrected chi connectivity index (χ0v) is 13.0. The third kappa shape index (κ3) is 4.00. The van der Waals surface area contributed by atoms with Crippen LogP contribution in [0.5, 0.6) is 0 Å². The van der Waals surface area contributed by atoms with E-state index in [1.807, 2.05) is 6.92 Å². The Kier molecular flexibility index (Phi) is 4.88. The lowest BCUT2D eigenvalue weighted by atomic mass is 10.2. The van der Waals surface area contributed by atoms with Gasteiger partial charge in [-0.15, -0.1) is 0 Å². The summed E-state index contributed by atoms with van der Waals surface area (Å²) in [5.41, 5.74) is 0.455. The first-order valence-electron chi connectivity index (χ1n) is 7.27. The number of hydrogen-bond acceptors (Lipinski definition) is 4. The number of ether oxygens (including phenoxy) is 1. The molecule has 116 valence electrons. The molecule has 6 nitrogen and oxygen atoms in total. The van der Waals surface area contributed by atoms with Gasteiger partial charge in [0.2, 0.25) is 0 Å². The number of furan rings is 1. The van der Waals surface area contributed by atoms with Gasteiger partial charge in [-0.25, -0.2) is 9.79 Å². The zero-order valence-electron chi connectivity index (χ0n) is 13.0. The number of aliphatic imine (C=N–C) groups is 1. The quantitative estimate of drug-likeness (QED) is 0.492. The van der Waals surface area contributed by atoms with Gasteiger partial charge in [0.05, 0.1) is 7.11 Å². The molecule has 0 radical (unpaired) electrons. The fourth-order valence-corrected chi connectivity index (χ4v) is 2.11. The Labute approximate surface area is 125 Å². The number of methoxy groups -OCH3 is 1. The van der Waals surface area contributed by atoms with E-state index in [9.17, 15) is 4.79 Å². The van der Waals surface area contributed by atoms with Crippen LogP contribution < -0.4 is 10.6 Å². The van der Waals surface area contributed by atoms with Crippen LogP contribution in [0.15, 0.2) is 15.5 Å². The second kappa shape index (κ2) is 6.65. The predicted molar refractivity (Wildman–Crippen MR) is 80.3 cm³/mol. The minimum atomic E-state index is -0.386. The van der Waals surface area contributed by atoms with Gasteiger partial charge < -0.3 is 19.8 Å². The van der Waals surface area contributed by atoms with Crippen LogP contribution in [0.1, 0.15) is 42.1 Å². The Morgan fingerprint density at radius 2 is 2.29 bits per heavy atom. The van der Waals surface area contributed by atoms with Gasteiger partial charge >= 0.3 is 5.97 Å². The molecule has 0 spiro atoms. The summed E-state index contributed by atoms with van der Waals surface area (Å²) in [5, 5.41) is 6.58. The predicted octanol–water partition coefficient (Wildman–Crippen LogP) is 1.84. The van der Waals surface area contributed by atoms with Crippen LogP contribution in [0, 0.1) is 12.8 Å². The Hall–Kier alpha value is -1.98. The van der Waals surface area contributed by atoms with E-state index in [0.29, 0.717) is 35.6 Å². The molecule has 1 aromatic rings. The lowest BCUT2D eigenvalue weighted by Crippen LogP contribution is -2.39. The minimum absolute atomic E-state index is 0.383. The number of rotatable bonds is 5. The molecule has 1 fully saturated rings. The summed E-state index contributed by atoms with van der Waals surface area (Å²) in [6, 6.07) is 2.19. The maximum absolute atomic E-state index is 11.5. The van der Waals surface area contributed by atoms with Crippen molar-refractivity contribution in [3.05, 3.63) is 23.2 Å². The summed E-state index contributed by atoms with van der Waals surface area (Å²) in [4.78, 5) is 16.0. The second-order valence-electron chi connectivity index (χ2n) is 5.33. The fraction of sp³-hybridized carbons (Fsp3) is 0.600. The maximum Gasteiger partial charge on any atom is 0.341 e. The SMILES string of the molecule is CCNC(=NCc1cc(C(=O)OC)c(C)o1)NC1CC1C. The van der Waals surface area contributed by atoms with E-state index in [0.717, 1.165) is 12.5 Å². The molecule has 0 aromatic carbocycles. The lowest BCUT2D eigenvalue weighted by molar-refractivity contribution is 0.0599. The van der Waals surface area contributed by atoms with E-state index in [2.05, 4.69) is 22.5 Å². The van der Waals surface area contributed by atoms with Gasteiger partial charge in [0.25, 0.3) is 0 Å². The molecular weight excluding hydrogens is 270 g/mol. The van der Waals surface area contributed by atoms with Crippen LogP contribution in [0.2, 0.25) is 0 Å². The van der Waals surface area contributed by atoms with Gasteiger partial charge in [-0.2, -0.15) is 0 Å². The first kappa shape index (κ1) is 15.4. The average molecular weight is 293 g/mol. The Morgan fingerprint density at radius 1 is 1.57 bits per heavy atom. The molecule has 2 atom stereocenters. The molecule has 21 heavy (non-hydrogen) atoms. The van der Waals surface area contributed by atoms with Gasteiger partial charge in [-0.3, -0.25) is 0 Å². The topological polar surface area (TPSA) is 75.9 Å². The van der Waals surface area contributed by atoms with E-state index >= 15 is 0 Å². The molecule has 0 bridgehead atoms. The summed E-state index contributed by atoms with van der Waals surface area (Å²) >= 11 is 0. The van der Waals surface area contributed by atoms with Crippen LogP contribution in [0.3, 0.4) is 0 Å². The number of aryl methyl sites for hydroxylation is 1. The van der Waals surface area contributed by atoms with Crippen molar-refractivity contribution < 1.29 is 13.9 Å². The summed E-state index contributed by atoms with van der Waals surface area (Å²) in [7, 11) is 1.36. The molecule has 1 heterocycles. The van der Waals surface area contributed by atoms with E-state index in [1.165, 1.54) is 13.5 Å². The van der Waals surface area contributed by atoms with Gasteiger partial charge in [0, 0.05) is 12.6 Å². The summed E-state index contributed by atoms with van der Waals surface area (Å²) < 4.78 is 10.3. The Bertz CT molecular complexity index is 536. The highest BCUT2D eigenvalue weighted by atomic mass is 16.5. The van der Waals surface area contributed by atoms with E-state index < -0.39 is 0 Å². The molecule has 1 aliphatic rings. The first-order chi connectivity index (χ1) is 10.0. The van der Waals surface area contributed by atoms with Crippen molar-refractivity contribution in [2.24, 2.45) is 10.9 Å². The smallest absolute Gasteiger partial charge is 0.341 e. The monoisotopic (exact) mass is 293 g/mol. The van der Waals surface area contributed by atoms with Gasteiger partial charge in [-0.05, 0) is 32.3 Å². The van der Waals surface area contributed by atoms with Crippen LogP contribution in [0.4, 0.5) is 0 Å². The standard InChI is InChI=1S/C15H23N3O3/c1-5-16-15(18-13-6-9(13)2)17-8-11-7-12(10(3)21-11)14(19)20-4/h7,9,13H,5-6,8H2,1-4H3,(H2,16,17,18). The number of carbonyl (C=O) groups is 1. The molecule has 1 saturated carbocycles. The normalized spacial score (nSPS) is 21.0.